The van der Waals surface area contributed by atoms with Gasteiger partial charge in [0.05, 0.1) is 29.7 Å². The Morgan fingerprint density at radius 2 is 1.68 bits per heavy atom. The second-order valence-corrected chi connectivity index (χ2v) is 14.4. The van der Waals surface area contributed by atoms with Gasteiger partial charge in [0.2, 0.25) is 11.8 Å². The van der Waals surface area contributed by atoms with Gasteiger partial charge in [0, 0.05) is 21.1 Å². The Hall–Kier alpha value is -3.60. The summed E-state index contributed by atoms with van der Waals surface area (Å²) in [5.41, 5.74) is 2.35. The van der Waals surface area contributed by atoms with E-state index in [1.54, 1.807) is 18.9 Å². The first-order valence-corrected chi connectivity index (χ1v) is 16.5. The summed E-state index contributed by atoms with van der Waals surface area (Å²) < 4.78 is 25.5. The van der Waals surface area contributed by atoms with Crippen LogP contribution in [0.25, 0.3) is 0 Å². The molecule has 2 saturated carbocycles. The van der Waals surface area contributed by atoms with Crippen LogP contribution in [-0.4, -0.2) is 29.2 Å². The number of fused-ring (bicyclic) bond motifs is 9. The highest BCUT2D eigenvalue weighted by Crippen LogP contribution is 2.68. The lowest BCUT2D eigenvalue weighted by molar-refractivity contribution is -0.123. The molecule has 7 nitrogen and oxygen atoms in total. The molecule has 1 N–H and O–H groups in total. The van der Waals surface area contributed by atoms with Crippen molar-refractivity contribution in [3.8, 4) is 11.5 Å². The zero-order valence-corrected chi connectivity index (χ0v) is 25.8. The maximum Gasteiger partial charge on any atom is 0.305 e. The number of amides is 2. The van der Waals surface area contributed by atoms with Crippen LogP contribution < -0.4 is 19.2 Å². The third kappa shape index (κ3) is 4.25. The smallest absolute Gasteiger partial charge is 0.305 e. The van der Waals surface area contributed by atoms with Gasteiger partial charge in [0.25, 0.3) is 0 Å². The van der Waals surface area contributed by atoms with Crippen LogP contribution in [0.4, 0.5) is 10.1 Å². The molecule has 4 aromatic rings. The number of thioether (sulfide) groups is 1. The summed E-state index contributed by atoms with van der Waals surface area (Å²) in [6.45, 7) is 0.342. The molecule has 4 aliphatic rings. The van der Waals surface area contributed by atoms with E-state index < -0.39 is 17.7 Å². The predicted octanol–water partition coefficient (Wildman–Crippen LogP) is 6.49. The van der Waals surface area contributed by atoms with Crippen molar-refractivity contribution in [1.82, 2.24) is 4.98 Å². The number of hydrogen-bond donors (Lipinski definition) is 1. The van der Waals surface area contributed by atoms with Crippen molar-refractivity contribution in [3.63, 3.8) is 0 Å². The Labute approximate surface area is 265 Å². The Morgan fingerprint density at radius 1 is 0.955 bits per heavy atom. The molecule has 2 aliphatic carbocycles. The standard InChI is InChI=1S/C33H26ClFN2O5S2/c1-41-23-12-16(4-11-22(23)42-14-15-2-5-17(34)6-3-15)24-25-20-13-21(28(25)43-30-29(24)44-33(40)36-30)27-26(20)31(38)37(32(27)39)19-9-7-18(35)8-10-19/h2-12,20-21,24-28H,13-14H2,1H3,(H,36,40)/t20-,21-,24?,25?,26?,27?,28?/m1/s1. The number of thiazole rings is 1. The molecule has 2 aliphatic heterocycles. The normalized spacial score (nSPS) is 28.2. The van der Waals surface area contributed by atoms with Crippen LogP contribution in [0, 0.1) is 35.4 Å². The lowest BCUT2D eigenvalue weighted by atomic mass is 9.68. The van der Waals surface area contributed by atoms with Crippen LogP contribution in [0.1, 0.15) is 28.3 Å². The number of benzene rings is 3. The monoisotopic (exact) mass is 648 g/mol. The van der Waals surface area contributed by atoms with Crippen molar-refractivity contribution < 1.29 is 23.5 Å². The van der Waals surface area contributed by atoms with Crippen LogP contribution >= 0.6 is 34.7 Å². The molecule has 1 aromatic heterocycles. The van der Waals surface area contributed by atoms with Gasteiger partial charge in [-0.2, -0.15) is 0 Å². The lowest BCUT2D eigenvalue weighted by Crippen LogP contribution is -2.42. The predicted molar refractivity (Wildman–Crippen MR) is 166 cm³/mol. The van der Waals surface area contributed by atoms with Crippen molar-refractivity contribution in [3.05, 3.63) is 103 Å². The van der Waals surface area contributed by atoms with Gasteiger partial charge < -0.3 is 14.5 Å². The van der Waals surface area contributed by atoms with E-state index in [0.717, 1.165) is 27.5 Å². The summed E-state index contributed by atoms with van der Waals surface area (Å²) >= 11 is 8.87. The number of aromatic amines is 1. The first kappa shape index (κ1) is 27.9. The lowest BCUT2D eigenvalue weighted by Gasteiger charge is -2.43. The first-order valence-electron chi connectivity index (χ1n) is 14.4. The van der Waals surface area contributed by atoms with Crippen molar-refractivity contribution in [2.24, 2.45) is 29.6 Å². The molecular weight excluding hydrogens is 623 g/mol. The SMILES string of the molecule is COc1cc(C2c3sc(=O)[nH]c3SC3C2[C@H]2C[C@@H]3C3C(=O)N(c4ccc(F)cc4)C(=O)C32)ccc1OCc1ccc(Cl)cc1. The van der Waals surface area contributed by atoms with Crippen LogP contribution in [0.15, 0.2) is 76.6 Å². The largest absolute Gasteiger partial charge is 0.493 e. The molecule has 3 fully saturated rings. The van der Waals surface area contributed by atoms with Crippen molar-refractivity contribution in [2.75, 3.05) is 12.0 Å². The van der Waals surface area contributed by atoms with E-state index in [4.69, 9.17) is 21.1 Å². The highest BCUT2D eigenvalue weighted by atomic mass is 35.5. The van der Waals surface area contributed by atoms with E-state index in [9.17, 15) is 18.8 Å². The molecule has 3 aromatic carbocycles. The van der Waals surface area contributed by atoms with E-state index in [-0.39, 0.29) is 45.6 Å². The third-order valence-corrected chi connectivity index (χ3v) is 12.5. The number of anilines is 1. The molecule has 7 atom stereocenters. The summed E-state index contributed by atoms with van der Waals surface area (Å²) in [6, 6.07) is 18.9. The average Bonchev–Trinajstić information content (AvgIpc) is 3.76. The van der Waals surface area contributed by atoms with Crippen LogP contribution in [0.2, 0.25) is 5.02 Å². The Kier molecular flexibility index (Phi) is 6.66. The molecule has 0 radical (unpaired) electrons. The molecule has 1 saturated heterocycles. The Bertz CT molecular complexity index is 1860. The number of rotatable bonds is 6. The molecule has 44 heavy (non-hydrogen) atoms. The van der Waals surface area contributed by atoms with Crippen LogP contribution in [0.3, 0.4) is 0 Å². The van der Waals surface area contributed by atoms with Gasteiger partial charge in [-0.25, -0.2) is 4.39 Å². The molecule has 224 valence electrons. The van der Waals surface area contributed by atoms with Gasteiger partial charge in [0.15, 0.2) is 11.5 Å². The van der Waals surface area contributed by atoms with E-state index in [0.29, 0.717) is 28.8 Å². The molecule has 0 spiro atoms. The molecule has 3 heterocycles. The number of carbonyl (C=O) groups is 2. The molecule has 8 rings (SSSR count). The fourth-order valence-corrected chi connectivity index (χ4v) is 11.0. The van der Waals surface area contributed by atoms with E-state index in [1.165, 1.54) is 40.5 Å². The topological polar surface area (TPSA) is 88.7 Å². The number of carbonyl (C=O) groups excluding carboxylic acids is 2. The second-order valence-electron chi connectivity index (χ2n) is 11.8. The number of hydrogen-bond acceptors (Lipinski definition) is 7. The highest BCUT2D eigenvalue weighted by molar-refractivity contribution is 8.00. The van der Waals surface area contributed by atoms with Gasteiger partial charge >= 0.3 is 4.87 Å². The summed E-state index contributed by atoms with van der Waals surface area (Å²) in [7, 11) is 1.60. The minimum atomic E-state index is -0.442. The minimum absolute atomic E-state index is 0.00942. The number of halogens is 2. The number of H-pyrrole nitrogens is 1. The highest BCUT2D eigenvalue weighted by Gasteiger charge is 2.69. The van der Waals surface area contributed by atoms with E-state index >= 15 is 0 Å². The van der Waals surface area contributed by atoms with Crippen LogP contribution in [-0.2, 0) is 16.2 Å². The maximum atomic E-state index is 13.9. The van der Waals surface area contributed by atoms with Crippen LogP contribution in [0.5, 0.6) is 11.5 Å². The number of imide groups is 1. The number of nitrogens with one attached hydrogen (secondary N) is 1. The quantitative estimate of drug-likeness (QED) is 0.240. The number of aromatic nitrogens is 1. The zero-order chi connectivity index (χ0) is 30.3. The van der Waals surface area contributed by atoms with Gasteiger partial charge in [-0.15, -0.1) is 11.8 Å². The van der Waals surface area contributed by atoms with Gasteiger partial charge in [0.1, 0.15) is 12.4 Å². The maximum absolute atomic E-state index is 13.9. The average molecular weight is 649 g/mol. The molecule has 2 bridgehead atoms. The third-order valence-electron chi connectivity index (χ3n) is 9.66. The minimum Gasteiger partial charge on any atom is -0.493 e. The Balaban J connectivity index is 1.14. The van der Waals surface area contributed by atoms with Crippen molar-refractivity contribution in [2.45, 2.75) is 29.2 Å². The first-order chi connectivity index (χ1) is 21.3. The van der Waals surface area contributed by atoms with E-state index in [2.05, 4.69) is 4.98 Å². The van der Waals surface area contributed by atoms with Gasteiger partial charge in [-0.3, -0.25) is 19.3 Å². The van der Waals surface area contributed by atoms with Gasteiger partial charge in [-0.1, -0.05) is 41.1 Å². The fraction of sp³-hybridized carbons (Fsp3) is 0.303. The number of methoxy groups -OCH3 is 1. The zero-order valence-electron chi connectivity index (χ0n) is 23.4. The Morgan fingerprint density at radius 3 is 2.41 bits per heavy atom. The summed E-state index contributed by atoms with van der Waals surface area (Å²) in [4.78, 5) is 45.4. The van der Waals surface area contributed by atoms with E-state index in [1.807, 2.05) is 42.5 Å². The van der Waals surface area contributed by atoms with Crippen molar-refractivity contribution in [1.29, 1.82) is 0 Å². The molecule has 11 heteroatoms. The number of nitrogens with zero attached hydrogens (tertiary/aromatic N) is 1. The summed E-state index contributed by atoms with van der Waals surface area (Å²) in [5, 5.41) is 1.55. The van der Waals surface area contributed by atoms with Gasteiger partial charge in [-0.05, 0) is 83.8 Å². The molecular formula is C33H26ClFN2O5S2. The number of ether oxygens (including phenoxy) is 2. The summed E-state index contributed by atoms with van der Waals surface area (Å²) in [5.74, 6) is -0.687. The molecule has 5 unspecified atom stereocenters. The molecule has 2 amide bonds. The second kappa shape index (κ2) is 10.5. The van der Waals surface area contributed by atoms with Crippen molar-refractivity contribution >= 4 is 52.2 Å². The summed E-state index contributed by atoms with van der Waals surface area (Å²) in [6.07, 6.45) is 0.779. The fourth-order valence-electron chi connectivity index (χ4n) is 7.97.